The van der Waals surface area contributed by atoms with Crippen molar-refractivity contribution in [2.45, 2.75) is 26.5 Å². The van der Waals surface area contributed by atoms with Gasteiger partial charge in [-0.3, -0.25) is 4.79 Å². The van der Waals surface area contributed by atoms with Crippen molar-refractivity contribution < 1.29 is 22.2 Å². The third-order valence-electron chi connectivity index (χ3n) is 4.73. The highest BCUT2D eigenvalue weighted by molar-refractivity contribution is 7.88. The highest BCUT2D eigenvalue weighted by atomic mass is 32.2. The Morgan fingerprint density at radius 3 is 2.61 bits per heavy atom. The Labute approximate surface area is 178 Å². The quantitative estimate of drug-likeness (QED) is 0.484. The van der Waals surface area contributed by atoms with Crippen molar-refractivity contribution in [2.75, 3.05) is 5.32 Å². The van der Waals surface area contributed by atoms with E-state index < -0.39 is 15.9 Å². The number of amides is 1. The van der Waals surface area contributed by atoms with Crippen LogP contribution in [0.1, 0.15) is 33.1 Å². The van der Waals surface area contributed by atoms with E-state index in [1.807, 2.05) is 19.9 Å². The van der Waals surface area contributed by atoms with Gasteiger partial charge in [-0.15, -0.1) is 0 Å². The van der Waals surface area contributed by atoms with Gasteiger partial charge in [-0.25, -0.2) is 18.5 Å². The van der Waals surface area contributed by atoms with Crippen molar-refractivity contribution >= 4 is 32.7 Å². The van der Waals surface area contributed by atoms with Gasteiger partial charge in [0.05, 0.1) is 28.1 Å². The van der Waals surface area contributed by atoms with Crippen LogP contribution in [0.15, 0.2) is 45.3 Å². The van der Waals surface area contributed by atoms with Gasteiger partial charge in [-0.05, 0) is 50.6 Å². The number of nitrogens with two attached hydrogens (primary N) is 1. The van der Waals surface area contributed by atoms with E-state index in [2.05, 4.69) is 15.5 Å². The van der Waals surface area contributed by atoms with Gasteiger partial charge in [-0.2, -0.15) is 0 Å². The lowest BCUT2D eigenvalue weighted by atomic mass is 10.1. The summed E-state index contributed by atoms with van der Waals surface area (Å²) in [6.07, 6.45) is 0. The maximum atomic E-state index is 13.2. The Bertz CT molecular complexity index is 1420. The Hall–Kier alpha value is -3.50. The van der Waals surface area contributed by atoms with Crippen LogP contribution in [0.2, 0.25) is 0 Å². The Balaban J connectivity index is 1.75. The van der Waals surface area contributed by atoms with E-state index in [9.17, 15) is 13.2 Å². The lowest BCUT2D eigenvalue weighted by Crippen LogP contribution is -2.15. The van der Waals surface area contributed by atoms with Crippen molar-refractivity contribution in [3.8, 4) is 11.3 Å². The van der Waals surface area contributed by atoms with Gasteiger partial charge >= 0.3 is 0 Å². The Morgan fingerprint density at radius 2 is 1.94 bits per heavy atom. The summed E-state index contributed by atoms with van der Waals surface area (Å²) in [5.41, 5.74) is 3.26. The second kappa shape index (κ2) is 7.64. The van der Waals surface area contributed by atoms with E-state index in [1.165, 1.54) is 0 Å². The molecule has 0 radical (unpaired) electrons. The molecule has 0 saturated carbocycles. The fraction of sp³-hybridized carbons (Fsp3) is 0.190. The number of nitrogens with zero attached hydrogens (tertiary/aromatic N) is 2. The van der Waals surface area contributed by atoms with Crippen LogP contribution in [-0.4, -0.2) is 24.5 Å². The first kappa shape index (κ1) is 20.8. The summed E-state index contributed by atoms with van der Waals surface area (Å²) >= 11 is 0. The van der Waals surface area contributed by atoms with Gasteiger partial charge < -0.3 is 14.3 Å². The monoisotopic (exact) mass is 440 g/mol. The van der Waals surface area contributed by atoms with Crippen molar-refractivity contribution in [1.82, 2.24) is 10.1 Å². The van der Waals surface area contributed by atoms with Crippen LogP contribution in [0.25, 0.3) is 22.4 Å². The predicted molar refractivity (Wildman–Crippen MR) is 115 cm³/mol. The standard InChI is InChI=1S/C21H20N4O5S/c1-11-7-16(13(3)29-11)18-9-17(19-12(2)25-30-21(19)24-18)20(26)23-15-6-4-5-14(8-15)10-31(22,27)28/h4-9H,10H2,1-3H3,(H,23,26)(H2,22,27,28). The number of hydrogen-bond acceptors (Lipinski definition) is 7. The van der Waals surface area contributed by atoms with Crippen LogP contribution in [-0.2, 0) is 15.8 Å². The number of nitrogens with one attached hydrogen (secondary N) is 1. The number of aromatic nitrogens is 2. The number of carbonyl (C=O) groups is 1. The SMILES string of the molecule is Cc1cc(-c2cc(C(=O)Nc3cccc(CS(N)(=O)=O)c3)c3c(C)noc3n2)c(C)o1. The molecule has 9 nitrogen and oxygen atoms in total. The first-order valence-corrected chi connectivity index (χ1v) is 11.1. The fourth-order valence-corrected chi connectivity index (χ4v) is 4.11. The molecule has 1 amide bonds. The van der Waals surface area contributed by atoms with Crippen molar-refractivity contribution in [3.05, 3.63) is 64.7 Å². The second-order valence-corrected chi connectivity index (χ2v) is 8.91. The molecule has 0 aliphatic carbocycles. The molecule has 4 rings (SSSR count). The number of furan rings is 1. The van der Waals surface area contributed by atoms with E-state index in [-0.39, 0.29) is 11.5 Å². The molecule has 0 aliphatic rings. The molecule has 3 N–H and O–H groups in total. The van der Waals surface area contributed by atoms with Crippen molar-refractivity contribution in [3.63, 3.8) is 0 Å². The van der Waals surface area contributed by atoms with Crippen LogP contribution in [0.3, 0.4) is 0 Å². The molecule has 10 heteroatoms. The summed E-state index contributed by atoms with van der Waals surface area (Å²) in [7, 11) is -3.69. The molecule has 0 atom stereocenters. The Morgan fingerprint density at radius 1 is 1.16 bits per heavy atom. The third-order valence-corrected chi connectivity index (χ3v) is 5.47. The van der Waals surface area contributed by atoms with Gasteiger partial charge in [0.2, 0.25) is 10.0 Å². The minimum absolute atomic E-state index is 0.237. The molecule has 0 aliphatic heterocycles. The smallest absolute Gasteiger partial charge is 0.259 e. The number of hydrogen-bond donors (Lipinski definition) is 2. The molecule has 3 heterocycles. The van der Waals surface area contributed by atoms with E-state index in [1.54, 1.807) is 37.3 Å². The second-order valence-electron chi connectivity index (χ2n) is 7.29. The molecule has 0 unspecified atom stereocenters. The van der Waals surface area contributed by atoms with Crippen LogP contribution in [0.4, 0.5) is 5.69 Å². The summed E-state index contributed by atoms with van der Waals surface area (Å²) in [6.45, 7) is 5.37. The number of fused-ring (bicyclic) bond motifs is 1. The van der Waals surface area contributed by atoms with E-state index in [4.69, 9.17) is 14.1 Å². The first-order valence-electron chi connectivity index (χ1n) is 9.36. The zero-order valence-corrected chi connectivity index (χ0v) is 17.9. The van der Waals surface area contributed by atoms with Gasteiger partial charge in [0.25, 0.3) is 11.6 Å². The largest absolute Gasteiger partial charge is 0.466 e. The maximum Gasteiger partial charge on any atom is 0.259 e. The summed E-state index contributed by atoms with van der Waals surface area (Å²) in [6, 6.07) is 9.99. The van der Waals surface area contributed by atoms with Crippen LogP contribution in [0.5, 0.6) is 0 Å². The van der Waals surface area contributed by atoms with Gasteiger partial charge in [-0.1, -0.05) is 17.3 Å². The van der Waals surface area contributed by atoms with Gasteiger partial charge in [0.1, 0.15) is 11.5 Å². The van der Waals surface area contributed by atoms with Gasteiger partial charge in [0, 0.05) is 11.3 Å². The highest BCUT2D eigenvalue weighted by Gasteiger charge is 2.21. The van der Waals surface area contributed by atoms with Crippen LogP contribution in [0, 0.1) is 20.8 Å². The molecule has 0 spiro atoms. The minimum atomic E-state index is -3.69. The maximum absolute atomic E-state index is 13.2. The summed E-state index contributed by atoms with van der Waals surface area (Å²) < 4.78 is 33.6. The van der Waals surface area contributed by atoms with Crippen LogP contribution >= 0.6 is 0 Å². The van der Waals surface area contributed by atoms with E-state index in [0.29, 0.717) is 39.3 Å². The van der Waals surface area contributed by atoms with E-state index in [0.717, 1.165) is 11.3 Å². The van der Waals surface area contributed by atoms with Gasteiger partial charge in [0.15, 0.2) is 0 Å². The minimum Gasteiger partial charge on any atom is -0.466 e. The molecule has 1 aromatic carbocycles. The summed E-state index contributed by atoms with van der Waals surface area (Å²) in [5, 5.41) is 12.4. The highest BCUT2D eigenvalue weighted by Crippen LogP contribution is 2.31. The average molecular weight is 440 g/mol. The molecular weight excluding hydrogens is 420 g/mol. The van der Waals surface area contributed by atoms with Crippen LogP contribution < -0.4 is 10.5 Å². The first-order chi connectivity index (χ1) is 14.6. The predicted octanol–water partition coefficient (Wildman–Crippen LogP) is 3.45. The lowest BCUT2D eigenvalue weighted by molar-refractivity contribution is 0.102. The number of anilines is 1. The molecule has 31 heavy (non-hydrogen) atoms. The van der Waals surface area contributed by atoms with E-state index >= 15 is 0 Å². The number of primary sulfonamides is 1. The molecule has 0 bridgehead atoms. The molecular formula is C21H20N4O5S. The fourth-order valence-electron chi connectivity index (χ4n) is 3.47. The number of sulfonamides is 1. The number of aryl methyl sites for hydroxylation is 3. The Kier molecular flexibility index (Phi) is 5.11. The lowest BCUT2D eigenvalue weighted by Gasteiger charge is -2.09. The number of pyridine rings is 1. The zero-order valence-electron chi connectivity index (χ0n) is 17.1. The summed E-state index contributed by atoms with van der Waals surface area (Å²) in [5.74, 6) is 0.651. The average Bonchev–Trinajstić information content (AvgIpc) is 3.21. The topological polar surface area (TPSA) is 141 Å². The third kappa shape index (κ3) is 4.35. The van der Waals surface area contributed by atoms with Crippen molar-refractivity contribution in [2.24, 2.45) is 5.14 Å². The molecule has 0 saturated heterocycles. The molecule has 3 aromatic heterocycles. The summed E-state index contributed by atoms with van der Waals surface area (Å²) in [4.78, 5) is 17.7. The number of rotatable bonds is 5. The zero-order chi connectivity index (χ0) is 22.3. The molecule has 0 fully saturated rings. The molecule has 160 valence electrons. The normalized spacial score (nSPS) is 11.7. The number of benzene rings is 1. The van der Waals surface area contributed by atoms with Crippen molar-refractivity contribution in [1.29, 1.82) is 0 Å². The number of carbonyl (C=O) groups excluding carboxylic acids is 1. The molecule has 4 aromatic rings.